The normalized spacial score (nSPS) is 8.67. The van der Waals surface area contributed by atoms with E-state index >= 15 is 0 Å². The molecule has 1 N–H and O–H groups in total. The van der Waals surface area contributed by atoms with Crippen LogP contribution in [0.5, 0.6) is 0 Å². The Bertz CT molecular complexity index is 210. The van der Waals surface area contributed by atoms with Crippen LogP contribution in [0, 0.1) is 26.7 Å². The fourth-order valence-corrected chi connectivity index (χ4v) is 3.07. The van der Waals surface area contributed by atoms with E-state index in [4.69, 9.17) is 19.4 Å². The Labute approximate surface area is 163 Å². The molecule has 0 saturated carbocycles. The smallest absolute Gasteiger partial charge is 0.214 e. The van der Waals surface area contributed by atoms with E-state index in [2.05, 4.69) is 27.7 Å². The van der Waals surface area contributed by atoms with Crippen molar-refractivity contribution in [3.63, 3.8) is 0 Å². The molecular formula is C15H30Cl2IrOPRu. The van der Waals surface area contributed by atoms with Gasteiger partial charge in [-0.15, -0.1) is 0 Å². The van der Waals surface area contributed by atoms with Gasteiger partial charge in [-0.05, 0) is 24.2 Å². The second kappa shape index (κ2) is 26.5. The molecular weight excluding hydrogens is 591 g/mol. The quantitative estimate of drug-likeness (QED) is 0.236. The van der Waals surface area contributed by atoms with Crippen molar-refractivity contribution >= 4 is 27.5 Å². The summed E-state index contributed by atoms with van der Waals surface area (Å²) >= 11 is -0.346. The summed E-state index contributed by atoms with van der Waals surface area (Å²) in [5.74, 6) is 1.30. The van der Waals surface area contributed by atoms with Crippen LogP contribution in [0.1, 0.15) is 27.7 Å². The average molecular weight is 622 g/mol. The van der Waals surface area contributed by atoms with Crippen molar-refractivity contribution in [2.45, 2.75) is 27.7 Å². The molecule has 0 amide bonds. The zero-order chi connectivity index (χ0) is 14.4. The number of halogens is 2. The SMILES string of the molecule is CC(C)CP(O)CC(C)C.[CH3-].[CH3-].[Cl][Ru][Cl].[Ir+3].c1cc[cH-]c1. The van der Waals surface area contributed by atoms with Crippen LogP contribution < -0.4 is 0 Å². The van der Waals surface area contributed by atoms with Gasteiger partial charge in [0.2, 0.25) is 0 Å². The Morgan fingerprint density at radius 1 is 1.00 bits per heavy atom. The van der Waals surface area contributed by atoms with Crippen LogP contribution in [-0.4, -0.2) is 17.2 Å². The topological polar surface area (TPSA) is 20.2 Å². The minimum atomic E-state index is -0.659. The van der Waals surface area contributed by atoms with Crippen molar-refractivity contribution in [1.82, 2.24) is 0 Å². The standard InChI is InChI=1S/C8H19OP.C5H5.2CH3.2ClH.Ir.Ru/c1-7(2)5-10(9)6-8(3)4;1-2-4-5-3-1;;;;;;/h7-9H,5-6H2,1-4H3;1-5H;2*1H3;2*1H;;/q;3*-1;;;+3;+2/p-2. The third kappa shape index (κ3) is 38.9. The van der Waals surface area contributed by atoms with Crippen LogP contribution in [0.25, 0.3) is 0 Å². The first-order valence-electron chi connectivity index (χ1n) is 5.89. The van der Waals surface area contributed by atoms with Gasteiger partial charge in [-0.2, -0.15) is 18.2 Å². The minimum Gasteiger partial charge on any atom is -0.214 e. The van der Waals surface area contributed by atoms with Crippen molar-refractivity contribution in [2.75, 3.05) is 12.3 Å². The van der Waals surface area contributed by atoms with Crippen molar-refractivity contribution < 1.29 is 40.1 Å². The van der Waals surface area contributed by atoms with Crippen LogP contribution >= 0.6 is 27.5 Å². The molecule has 0 bridgehead atoms. The van der Waals surface area contributed by atoms with Gasteiger partial charge in [0.05, 0.1) is 0 Å². The molecule has 132 valence electrons. The molecule has 0 unspecified atom stereocenters. The van der Waals surface area contributed by atoms with Crippen molar-refractivity contribution in [2.24, 2.45) is 11.8 Å². The van der Waals surface area contributed by atoms with E-state index < -0.39 is 8.15 Å². The molecule has 0 saturated heterocycles. The summed E-state index contributed by atoms with van der Waals surface area (Å²) in [5, 5.41) is 0. The van der Waals surface area contributed by atoms with Gasteiger partial charge < -0.3 is 19.7 Å². The second-order valence-corrected chi connectivity index (χ2v) is 9.05. The largest absolute Gasteiger partial charge is 3.00 e. The molecule has 6 heteroatoms. The third-order valence-electron chi connectivity index (χ3n) is 1.71. The van der Waals surface area contributed by atoms with E-state index in [1.807, 2.05) is 30.3 Å². The van der Waals surface area contributed by atoms with E-state index in [9.17, 15) is 4.89 Å². The van der Waals surface area contributed by atoms with Crippen molar-refractivity contribution in [3.8, 4) is 0 Å². The van der Waals surface area contributed by atoms with Gasteiger partial charge in [-0.1, -0.05) is 27.7 Å². The number of hydrogen-bond acceptors (Lipinski definition) is 1. The van der Waals surface area contributed by atoms with Gasteiger partial charge in [0.15, 0.2) is 0 Å². The fourth-order valence-electron chi connectivity index (χ4n) is 1.24. The Balaban J connectivity index is -0.0000000662. The molecule has 21 heavy (non-hydrogen) atoms. The Kier molecular flexibility index (Phi) is 42.9. The molecule has 0 aromatic heterocycles. The van der Waals surface area contributed by atoms with Crippen molar-refractivity contribution in [3.05, 3.63) is 45.2 Å². The van der Waals surface area contributed by atoms with Gasteiger partial charge >= 0.3 is 54.6 Å². The Hall–Kier alpha value is 1.59. The molecule has 0 aliphatic carbocycles. The maximum Gasteiger partial charge on any atom is 3.00 e. The Morgan fingerprint density at radius 3 is 1.43 bits per heavy atom. The predicted molar refractivity (Wildman–Crippen MR) is 95.1 cm³/mol. The van der Waals surface area contributed by atoms with Gasteiger partial charge in [-0.3, -0.25) is 0 Å². The molecule has 1 rings (SSSR count). The molecule has 0 aliphatic rings. The summed E-state index contributed by atoms with van der Waals surface area (Å²) in [6.07, 6.45) is 2.01. The van der Waals surface area contributed by atoms with Gasteiger partial charge in [0.25, 0.3) is 0 Å². The monoisotopic (exact) mass is 622 g/mol. The van der Waals surface area contributed by atoms with E-state index in [0.717, 1.165) is 12.3 Å². The molecule has 1 nitrogen and oxygen atoms in total. The molecule has 0 atom stereocenters. The van der Waals surface area contributed by atoms with Gasteiger partial charge in [-0.25, -0.2) is 12.1 Å². The zero-order valence-corrected chi connectivity index (χ0v) is 20.3. The summed E-state index contributed by atoms with van der Waals surface area (Å²) in [4.78, 5) is 9.45. The summed E-state index contributed by atoms with van der Waals surface area (Å²) in [7, 11) is 9.05. The molecule has 0 spiro atoms. The fraction of sp³-hybridized carbons (Fsp3) is 0.533. The van der Waals surface area contributed by atoms with E-state index in [1.54, 1.807) is 0 Å². The van der Waals surface area contributed by atoms with Crippen LogP contribution in [0.2, 0.25) is 0 Å². The molecule has 1 aromatic carbocycles. The van der Waals surface area contributed by atoms with Crippen molar-refractivity contribution in [1.29, 1.82) is 0 Å². The van der Waals surface area contributed by atoms with Crippen LogP contribution in [0.4, 0.5) is 0 Å². The average Bonchev–Trinajstić information content (AvgIpc) is 2.72. The second-order valence-electron chi connectivity index (χ2n) is 4.67. The minimum absolute atomic E-state index is 0. The molecule has 0 aliphatic heterocycles. The number of rotatable bonds is 4. The van der Waals surface area contributed by atoms with Crippen LogP contribution in [0.3, 0.4) is 0 Å². The first kappa shape index (κ1) is 34.0. The molecule has 0 radical (unpaired) electrons. The molecule has 1 aromatic rings. The maximum atomic E-state index is 9.45. The van der Waals surface area contributed by atoms with Crippen LogP contribution in [0.15, 0.2) is 30.3 Å². The maximum absolute atomic E-state index is 9.45. The zero-order valence-electron chi connectivity index (χ0n) is 13.8. The van der Waals surface area contributed by atoms with Gasteiger partial charge in [0.1, 0.15) is 0 Å². The summed E-state index contributed by atoms with van der Waals surface area (Å²) in [5.41, 5.74) is 0. The van der Waals surface area contributed by atoms with E-state index in [1.165, 1.54) is 0 Å². The predicted octanol–water partition coefficient (Wildman–Crippen LogP) is 6.37. The first-order valence-corrected chi connectivity index (χ1v) is 12.0. The van der Waals surface area contributed by atoms with E-state index in [0.29, 0.717) is 11.8 Å². The van der Waals surface area contributed by atoms with E-state index in [-0.39, 0.29) is 50.1 Å². The third-order valence-corrected chi connectivity index (χ3v) is 4.01. The summed E-state index contributed by atoms with van der Waals surface area (Å²) in [6, 6.07) is 10.0. The summed E-state index contributed by atoms with van der Waals surface area (Å²) < 4.78 is 0. The number of hydrogen-bond donors (Lipinski definition) is 1. The molecule has 0 fully saturated rings. The Morgan fingerprint density at radius 2 is 1.29 bits per heavy atom. The van der Waals surface area contributed by atoms with Gasteiger partial charge in [0, 0.05) is 8.15 Å². The molecule has 0 heterocycles. The summed E-state index contributed by atoms with van der Waals surface area (Å²) in [6.45, 7) is 8.63. The van der Waals surface area contributed by atoms with Crippen LogP contribution in [-0.2, 0) is 35.3 Å². The first-order chi connectivity index (χ1) is 8.43.